The molecule has 1 saturated carbocycles. The number of nitrogens with zero attached hydrogens (tertiary/aromatic N) is 3. The van der Waals surface area contributed by atoms with Crippen LogP contribution in [0.4, 0.5) is 13.2 Å². The lowest BCUT2D eigenvalue weighted by Gasteiger charge is -2.17. The van der Waals surface area contributed by atoms with Crippen LogP contribution in [-0.2, 0) is 11.0 Å². The van der Waals surface area contributed by atoms with E-state index in [0.29, 0.717) is 30.3 Å². The number of ether oxygens (including phenoxy) is 1. The Morgan fingerprint density at radius 3 is 2.68 bits per heavy atom. The first-order chi connectivity index (χ1) is 18.1. The standard InChI is InChI=1S/C26H28F3N5O4/c1-13-8-34(20(36)10-35)9-18(13)33-25(37)21-14(2)32-24-22(30-12-31-23(21)24)17-7-16(26(27,28)29)5-6-19(17)38-11-15-3-4-15/h5-7,12-13,15,18,32,35H,3-4,8-11H2,1-2H3,(H,33,37)/t13-,18-/m1/s1. The number of carbonyl (C=O) groups excluding carboxylic acids is 2. The highest BCUT2D eigenvalue weighted by Gasteiger charge is 2.35. The van der Waals surface area contributed by atoms with Crippen LogP contribution in [0.2, 0.25) is 0 Å². The van der Waals surface area contributed by atoms with E-state index < -0.39 is 30.2 Å². The molecule has 3 N–H and O–H groups in total. The minimum absolute atomic E-state index is 0.0403. The number of hydrogen-bond donors (Lipinski definition) is 3. The zero-order chi connectivity index (χ0) is 27.2. The molecule has 2 aliphatic rings. The van der Waals surface area contributed by atoms with Crippen molar-refractivity contribution in [2.45, 2.75) is 38.9 Å². The Balaban J connectivity index is 1.50. The summed E-state index contributed by atoms with van der Waals surface area (Å²) in [6.45, 7) is 4.05. The predicted octanol–water partition coefficient (Wildman–Crippen LogP) is 3.31. The maximum atomic E-state index is 13.6. The lowest BCUT2D eigenvalue weighted by molar-refractivity contribution is -0.137. The summed E-state index contributed by atoms with van der Waals surface area (Å²) in [6, 6.07) is 2.96. The van der Waals surface area contributed by atoms with Crippen molar-refractivity contribution in [3.63, 3.8) is 0 Å². The number of likely N-dealkylation sites (tertiary alicyclic amines) is 1. The van der Waals surface area contributed by atoms with Crippen LogP contribution < -0.4 is 10.1 Å². The summed E-state index contributed by atoms with van der Waals surface area (Å²) in [6.07, 6.45) is -1.30. The van der Waals surface area contributed by atoms with E-state index in [9.17, 15) is 22.8 Å². The highest BCUT2D eigenvalue weighted by molar-refractivity contribution is 6.09. The molecule has 0 radical (unpaired) electrons. The van der Waals surface area contributed by atoms with Gasteiger partial charge in [-0.3, -0.25) is 9.59 Å². The molecule has 5 rings (SSSR count). The Labute approximate surface area is 216 Å². The number of amides is 2. The molecular weight excluding hydrogens is 503 g/mol. The first-order valence-corrected chi connectivity index (χ1v) is 12.4. The van der Waals surface area contributed by atoms with E-state index in [1.165, 1.54) is 17.3 Å². The molecule has 3 aromatic rings. The number of nitrogens with one attached hydrogen (secondary N) is 2. The molecule has 9 nitrogen and oxygen atoms in total. The zero-order valence-corrected chi connectivity index (χ0v) is 20.9. The van der Waals surface area contributed by atoms with E-state index in [4.69, 9.17) is 9.84 Å². The van der Waals surface area contributed by atoms with Gasteiger partial charge in [-0.25, -0.2) is 9.97 Å². The molecule has 2 aromatic heterocycles. The third-order valence-electron chi connectivity index (χ3n) is 7.15. The quantitative estimate of drug-likeness (QED) is 0.430. The van der Waals surface area contributed by atoms with Gasteiger partial charge < -0.3 is 25.0 Å². The van der Waals surface area contributed by atoms with Crippen molar-refractivity contribution < 1.29 is 32.6 Å². The van der Waals surface area contributed by atoms with Crippen molar-refractivity contribution >= 4 is 22.8 Å². The average Bonchev–Trinajstić information content (AvgIpc) is 3.55. The van der Waals surface area contributed by atoms with Crippen molar-refractivity contribution in [1.82, 2.24) is 25.2 Å². The SMILES string of the molecule is Cc1[nH]c2c(-c3cc(C(F)(F)F)ccc3OCC3CC3)ncnc2c1C(=O)N[C@@H]1CN(C(=O)CO)C[C@H]1C. The van der Waals surface area contributed by atoms with Crippen LogP contribution in [0.1, 0.15) is 41.4 Å². The normalized spacial score (nSPS) is 19.7. The maximum Gasteiger partial charge on any atom is 0.416 e. The topological polar surface area (TPSA) is 120 Å². The van der Waals surface area contributed by atoms with E-state index in [2.05, 4.69) is 20.3 Å². The molecule has 2 atom stereocenters. The molecule has 38 heavy (non-hydrogen) atoms. The van der Waals surface area contributed by atoms with Crippen LogP contribution in [0.3, 0.4) is 0 Å². The second-order valence-corrected chi connectivity index (χ2v) is 10.0. The maximum absolute atomic E-state index is 13.6. The van der Waals surface area contributed by atoms with Gasteiger partial charge in [0.05, 0.1) is 29.3 Å². The minimum Gasteiger partial charge on any atom is -0.493 e. The van der Waals surface area contributed by atoms with Gasteiger partial charge in [0.15, 0.2) is 0 Å². The number of hydrogen-bond acceptors (Lipinski definition) is 6. The fourth-order valence-corrected chi connectivity index (χ4v) is 4.81. The van der Waals surface area contributed by atoms with Crippen molar-refractivity contribution in [1.29, 1.82) is 0 Å². The van der Waals surface area contributed by atoms with Crippen LogP contribution in [-0.4, -0.2) is 69.1 Å². The number of carbonyl (C=O) groups is 2. The van der Waals surface area contributed by atoms with Gasteiger partial charge in [-0.15, -0.1) is 0 Å². The lowest BCUT2D eigenvalue weighted by atomic mass is 10.0. The molecule has 12 heteroatoms. The minimum atomic E-state index is -4.56. The first kappa shape index (κ1) is 26.0. The summed E-state index contributed by atoms with van der Waals surface area (Å²) in [4.78, 5) is 38.4. The van der Waals surface area contributed by atoms with Gasteiger partial charge in [0.2, 0.25) is 5.91 Å². The van der Waals surface area contributed by atoms with Crippen molar-refractivity contribution in [2.24, 2.45) is 11.8 Å². The Hall–Kier alpha value is -3.67. The Morgan fingerprint density at radius 1 is 1.24 bits per heavy atom. The Morgan fingerprint density at radius 2 is 2.00 bits per heavy atom. The average molecular weight is 532 g/mol. The third kappa shape index (κ3) is 5.04. The molecule has 1 aliphatic carbocycles. The highest BCUT2D eigenvalue weighted by atomic mass is 19.4. The second-order valence-electron chi connectivity index (χ2n) is 10.0. The van der Waals surface area contributed by atoms with Gasteiger partial charge in [0.1, 0.15) is 29.9 Å². The van der Waals surface area contributed by atoms with Crippen molar-refractivity contribution in [3.05, 3.63) is 41.3 Å². The molecule has 3 heterocycles. The number of fused-ring (bicyclic) bond motifs is 1. The molecule has 0 spiro atoms. The van der Waals surface area contributed by atoms with Gasteiger partial charge in [-0.2, -0.15) is 13.2 Å². The van der Waals surface area contributed by atoms with Crippen molar-refractivity contribution in [2.75, 3.05) is 26.3 Å². The van der Waals surface area contributed by atoms with Gasteiger partial charge in [-0.05, 0) is 49.8 Å². The summed E-state index contributed by atoms with van der Waals surface area (Å²) in [7, 11) is 0. The monoisotopic (exact) mass is 531 g/mol. The number of aromatic amines is 1. The number of rotatable bonds is 7. The van der Waals surface area contributed by atoms with E-state index in [0.717, 1.165) is 25.0 Å². The van der Waals surface area contributed by atoms with Crippen LogP contribution in [0, 0.1) is 18.8 Å². The molecule has 0 bridgehead atoms. The van der Waals surface area contributed by atoms with E-state index in [1.54, 1.807) is 6.92 Å². The highest BCUT2D eigenvalue weighted by Crippen LogP contribution is 2.40. The van der Waals surface area contributed by atoms with Gasteiger partial charge in [0.25, 0.3) is 5.91 Å². The summed E-state index contributed by atoms with van der Waals surface area (Å²) in [5, 5.41) is 12.1. The van der Waals surface area contributed by atoms with Crippen molar-refractivity contribution in [3.8, 4) is 17.0 Å². The second kappa shape index (κ2) is 9.90. The van der Waals surface area contributed by atoms with E-state index in [-0.39, 0.29) is 46.6 Å². The summed E-state index contributed by atoms with van der Waals surface area (Å²) in [5.74, 6) is -0.212. The van der Waals surface area contributed by atoms with E-state index in [1.807, 2.05) is 6.92 Å². The molecule has 202 valence electrons. The number of aryl methyl sites for hydroxylation is 1. The number of alkyl halides is 3. The summed E-state index contributed by atoms with van der Waals surface area (Å²) < 4.78 is 46.6. The molecule has 1 saturated heterocycles. The molecule has 2 amide bonds. The number of H-pyrrole nitrogens is 1. The third-order valence-corrected chi connectivity index (χ3v) is 7.15. The zero-order valence-electron chi connectivity index (χ0n) is 20.9. The molecule has 1 aromatic carbocycles. The number of aliphatic hydroxyl groups excluding tert-OH is 1. The van der Waals surface area contributed by atoms with Crippen LogP contribution in [0.25, 0.3) is 22.3 Å². The number of halogens is 3. The fraction of sp³-hybridized carbons (Fsp3) is 0.462. The van der Waals surface area contributed by atoms with Gasteiger partial charge in [0, 0.05) is 24.3 Å². The molecule has 2 fully saturated rings. The molecule has 0 unspecified atom stereocenters. The largest absolute Gasteiger partial charge is 0.493 e. The number of benzene rings is 1. The van der Waals surface area contributed by atoms with Crippen LogP contribution in [0.15, 0.2) is 24.5 Å². The Bertz CT molecular complexity index is 1390. The first-order valence-electron chi connectivity index (χ1n) is 12.4. The van der Waals surface area contributed by atoms with E-state index >= 15 is 0 Å². The molecule has 1 aliphatic heterocycles. The predicted molar refractivity (Wildman–Crippen MR) is 131 cm³/mol. The fourth-order valence-electron chi connectivity index (χ4n) is 4.81. The summed E-state index contributed by atoms with van der Waals surface area (Å²) >= 11 is 0. The summed E-state index contributed by atoms with van der Waals surface area (Å²) in [5.41, 5.74) is 0.825. The smallest absolute Gasteiger partial charge is 0.416 e. The van der Waals surface area contributed by atoms with Gasteiger partial charge in [-0.1, -0.05) is 6.92 Å². The molecular formula is C26H28F3N5O4. The van der Waals surface area contributed by atoms with Crippen LogP contribution in [0.5, 0.6) is 5.75 Å². The van der Waals surface area contributed by atoms with Gasteiger partial charge >= 0.3 is 6.18 Å². The van der Waals surface area contributed by atoms with Crippen LogP contribution >= 0.6 is 0 Å². The number of aliphatic hydroxyl groups is 1. The Kier molecular flexibility index (Phi) is 6.76. The lowest BCUT2D eigenvalue weighted by Crippen LogP contribution is -2.41. The number of aromatic nitrogens is 3.